The van der Waals surface area contributed by atoms with Gasteiger partial charge in [-0.3, -0.25) is 4.79 Å². The molecule has 3 N–H and O–H groups in total. The Kier molecular flexibility index (Phi) is 4.77. The van der Waals surface area contributed by atoms with Gasteiger partial charge in [-0.1, -0.05) is 12.1 Å². The molecule has 0 saturated heterocycles. The number of aromatic hydroxyl groups is 1. The van der Waals surface area contributed by atoms with Crippen LogP contribution in [0.2, 0.25) is 0 Å². The van der Waals surface area contributed by atoms with Crippen molar-refractivity contribution in [1.29, 1.82) is 0 Å². The van der Waals surface area contributed by atoms with E-state index < -0.39 is 11.3 Å². The average molecular weight is 222 g/mol. The van der Waals surface area contributed by atoms with Crippen molar-refractivity contribution in [2.24, 2.45) is 5.73 Å². The number of hydrogen-bond acceptors (Lipinski definition) is 3. The van der Waals surface area contributed by atoms with Crippen molar-refractivity contribution < 1.29 is 9.90 Å². The number of nitrogens with two attached hydrogens (primary N) is 1. The van der Waals surface area contributed by atoms with Crippen molar-refractivity contribution >= 4 is 29.3 Å². The summed E-state index contributed by atoms with van der Waals surface area (Å²) in [5.74, 6) is 0.132. The fraction of sp³-hybridized carbons (Fsp3) is 0.125. The zero-order chi connectivity index (χ0) is 9.14. The Bertz CT molecular complexity index is 287. The fourth-order valence-corrected chi connectivity index (χ4v) is 0.939. The van der Waals surface area contributed by atoms with E-state index in [0.717, 1.165) is 0 Å². The Morgan fingerprint density at radius 1 is 1.38 bits per heavy atom. The van der Waals surface area contributed by atoms with Crippen molar-refractivity contribution in [2.75, 3.05) is 0 Å². The summed E-state index contributed by atoms with van der Waals surface area (Å²) in [7, 11) is 0. The first-order chi connectivity index (χ1) is 5.61. The topological polar surface area (TPSA) is 63.3 Å². The minimum atomic E-state index is -0.813. The van der Waals surface area contributed by atoms with Gasteiger partial charge in [0.2, 0.25) is 5.24 Å². The first-order valence-corrected chi connectivity index (χ1v) is 3.73. The molecule has 0 saturated carbocycles. The third-order valence-electron chi connectivity index (χ3n) is 1.50. The third-order valence-corrected chi connectivity index (χ3v) is 1.73. The molecule has 1 aromatic carbocycles. The largest absolute Gasteiger partial charge is 0.508 e. The van der Waals surface area contributed by atoms with Gasteiger partial charge in [0.15, 0.2) is 0 Å². The Morgan fingerprint density at radius 3 is 2.23 bits per heavy atom. The van der Waals surface area contributed by atoms with Gasteiger partial charge in [-0.25, -0.2) is 0 Å². The summed E-state index contributed by atoms with van der Waals surface area (Å²) in [6, 6.07) is 5.21. The molecule has 1 unspecified atom stereocenters. The maximum Gasteiger partial charge on any atom is 0.242 e. The molecule has 0 heterocycles. The van der Waals surface area contributed by atoms with Gasteiger partial charge in [-0.15, -0.1) is 12.4 Å². The van der Waals surface area contributed by atoms with E-state index in [4.69, 9.17) is 22.4 Å². The number of carbonyl (C=O) groups excluding carboxylic acids is 1. The molecule has 0 aliphatic carbocycles. The van der Waals surface area contributed by atoms with Gasteiger partial charge in [-0.05, 0) is 29.3 Å². The zero-order valence-corrected chi connectivity index (χ0v) is 8.18. The Balaban J connectivity index is 0.00000144. The van der Waals surface area contributed by atoms with Crippen molar-refractivity contribution in [3.8, 4) is 5.75 Å². The maximum absolute atomic E-state index is 10.6. The minimum Gasteiger partial charge on any atom is -0.508 e. The number of hydrogen-bond donors (Lipinski definition) is 2. The van der Waals surface area contributed by atoms with Crippen molar-refractivity contribution in [3.63, 3.8) is 0 Å². The predicted molar refractivity (Wildman–Crippen MR) is 53.1 cm³/mol. The summed E-state index contributed by atoms with van der Waals surface area (Å²) in [5.41, 5.74) is 6.02. The summed E-state index contributed by atoms with van der Waals surface area (Å²) in [4.78, 5) is 10.6. The maximum atomic E-state index is 10.6. The van der Waals surface area contributed by atoms with E-state index >= 15 is 0 Å². The monoisotopic (exact) mass is 221 g/mol. The fourth-order valence-electron chi connectivity index (χ4n) is 0.813. The van der Waals surface area contributed by atoms with Crippen LogP contribution in [-0.4, -0.2) is 10.3 Å². The highest BCUT2D eigenvalue weighted by molar-refractivity contribution is 6.64. The van der Waals surface area contributed by atoms with Crippen LogP contribution >= 0.6 is 24.0 Å². The molecular weight excluding hydrogens is 213 g/mol. The molecule has 0 spiro atoms. The Hall–Kier alpha value is -0.770. The number of benzene rings is 1. The molecule has 0 bridgehead atoms. The average Bonchev–Trinajstić information content (AvgIpc) is 2.04. The molecule has 3 nitrogen and oxygen atoms in total. The van der Waals surface area contributed by atoms with Gasteiger partial charge in [0, 0.05) is 0 Å². The molecule has 0 radical (unpaired) electrons. The highest BCUT2D eigenvalue weighted by atomic mass is 35.5. The highest BCUT2D eigenvalue weighted by Crippen LogP contribution is 2.16. The SMILES string of the molecule is Cl.NC(C(=O)Cl)c1ccc(O)cc1. The molecule has 0 aromatic heterocycles. The lowest BCUT2D eigenvalue weighted by Gasteiger charge is -2.05. The number of carbonyl (C=O) groups is 1. The van der Waals surface area contributed by atoms with Crippen molar-refractivity contribution in [3.05, 3.63) is 29.8 Å². The van der Waals surface area contributed by atoms with Crippen LogP contribution in [0.5, 0.6) is 5.75 Å². The van der Waals surface area contributed by atoms with E-state index in [1.54, 1.807) is 12.1 Å². The molecule has 72 valence electrons. The normalized spacial score (nSPS) is 11.5. The van der Waals surface area contributed by atoms with E-state index in [1.807, 2.05) is 0 Å². The van der Waals surface area contributed by atoms with Crippen LogP contribution in [0.1, 0.15) is 11.6 Å². The molecular formula is C8H9Cl2NO2. The molecule has 0 fully saturated rings. The van der Waals surface area contributed by atoms with Crippen LogP contribution in [0.25, 0.3) is 0 Å². The number of halogens is 2. The zero-order valence-electron chi connectivity index (χ0n) is 6.61. The standard InChI is InChI=1S/C8H8ClNO2.ClH/c9-8(12)7(10)5-1-3-6(11)4-2-5;/h1-4,7,11H,10H2;1H. The Labute approximate surface area is 86.9 Å². The lowest BCUT2D eigenvalue weighted by molar-refractivity contribution is -0.112. The smallest absolute Gasteiger partial charge is 0.242 e. The summed E-state index contributed by atoms with van der Waals surface area (Å²) in [6.45, 7) is 0. The quantitative estimate of drug-likeness (QED) is 0.746. The molecule has 1 atom stereocenters. The van der Waals surface area contributed by atoms with Crippen LogP contribution in [0.3, 0.4) is 0 Å². The summed E-state index contributed by atoms with van der Waals surface area (Å²) in [6.07, 6.45) is 0. The molecule has 1 rings (SSSR count). The second kappa shape index (κ2) is 5.07. The third kappa shape index (κ3) is 3.22. The van der Waals surface area contributed by atoms with E-state index in [-0.39, 0.29) is 18.2 Å². The van der Waals surface area contributed by atoms with Gasteiger partial charge >= 0.3 is 0 Å². The molecule has 5 heteroatoms. The molecule has 0 aliphatic heterocycles. The number of phenolic OH excluding ortho intramolecular Hbond substituents is 1. The van der Waals surface area contributed by atoms with E-state index in [0.29, 0.717) is 5.56 Å². The van der Waals surface area contributed by atoms with Crippen molar-refractivity contribution in [2.45, 2.75) is 6.04 Å². The second-order valence-corrected chi connectivity index (χ2v) is 2.75. The first-order valence-electron chi connectivity index (χ1n) is 3.35. The van der Waals surface area contributed by atoms with Crippen LogP contribution < -0.4 is 5.73 Å². The number of rotatable bonds is 2. The van der Waals surface area contributed by atoms with Gasteiger partial charge in [0.1, 0.15) is 11.8 Å². The van der Waals surface area contributed by atoms with Crippen molar-refractivity contribution in [1.82, 2.24) is 0 Å². The molecule has 1 aromatic rings. The highest BCUT2D eigenvalue weighted by Gasteiger charge is 2.12. The van der Waals surface area contributed by atoms with Gasteiger partial charge in [-0.2, -0.15) is 0 Å². The van der Waals surface area contributed by atoms with E-state index in [1.165, 1.54) is 12.1 Å². The molecule has 0 aliphatic rings. The summed E-state index contributed by atoms with van der Waals surface area (Å²) in [5, 5.41) is 8.31. The van der Waals surface area contributed by atoms with Gasteiger partial charge in [0.05, 0.1) is 0 Å². The van der Waals surface area contributed by atoms with E-state index in [9.17, 15) is 4.79 Å². The lowest BCUT2D eigenvalue weighted by atomic mass is 10.1. The number of phenols is 1. The predicted octanol–water partition coefficient (Wildman–Crippen LogP) is 1.58. The van der Waals surface area contributed by atoms with Gasteiger partial charge in [0.25, 0.3) is 0 Å². The summed E-state index contributed by atoms with van der Waals surface area (Å²) < 4.78 is 0. The van der Waals surface area contributed by atoms with Crippen LogP contribution in [-0.2, 0) is 4.79 Å². The second-order valence-electron chi connectivity index (χ2n) is 2.37. The van der Waals surface area contributed by atoms with Crippen LogP contribution in [0, 0.1) is 0 Å². The van der Waals surface area contributed by atoms with Gasteiger partial charge < -0.3 is 10.8 Å². The molecule has 0 amide bonds. The Morgan fingerprint density at radius 2 is 1.85 bits per heavy atom. The first kappa shape index (κ1) is 12.2. The van der Waals surface area contributed by atoms with Crippen LogP contribution in [0.15, 0.2) is 24.3 Å². The lowest BCUT2D eigenvalue weighted by Crippen LogP contribution is -2.16. The summed E-state index contributed by atoms with van der Waals surface area (Å²) >= 11 is 5.18. The van der Waals surface area contributed by atoms with Crippen LogP contribution in [0.4, 0.5) is 0 Å². The van der Waals surface area contributed by atoms with E-state index in [2.05, 4.69) is 0 Å². The molecule has 13 heavy (non-hydrogen) atoms. The minimum absolute atomic E-state index is 0.